The topological polar surface area (TPSA) is 73.2 Å². The molecule has 6 nitrogen and oxygen atoms in total. The summed E-state index contributed by atoms with van der Waals surface area (Å²) in [5.74, 6) is 0.817. The molecular formula is C18H17BrClN3O3S. The van der Waals surface area contributed by atoms with Gasteiger partial charge in [0.1, 0.15) is 5.75 Å². The highest BCUT2D eigenvalue weighted by atomic mass is 79.9. The average molecular weight is 471 g/mol. The van der Waals surface area contributed by atoms with Gasteiger partial charge in [-0.2, -0.15) is 5.10 Å². The third-order valence-electron chi connectivity index (χ3n) is 3.68. The Kier molecular flexibility index (Phi) is 6.08. The molecule has 1 heterocycles. The van der Waals surface area contributed by atoms with Gasteiger partial charge in [0.05, 0.1) is 22.5 Å². The number of anilines is 1. The molecule has 1 aromatic heterocycles. The molecule has 3 rings (SSSR count). The summed E-state index contributed by atoms with van der Waals surface area (Å²) in [6.07, 6.45) is 1.69. The average Bonchev–Trinajstić information content (AvgIpc) is 2.96. The zero-order valence-corrected chi connectivity index (χ0v) is 17.6. The van der Waals surface area contributed by atoms with Crippen LogP contribution < -0.4 is 9.46 Å². The molecule has 0 saturated carbocycles. The van der Waals surface area contributed by atoms with Crippen LogP contribution in [0, 0.1) is 0 Å². The van der Waals surface area contributed by atoms with Gasteiger partial charge in [-0.3, -0.25) is 9.40 Å². The fourth-order valence-corrected chi connectivity index (χ4v) is 4.18. The number of benzene rings is 2. The third kappa shape index (κ3) is 4.82. The van der Waals surface area contributed by atoms with E-state index in [-0.39, 0.29) is 10.7 Å². The van der Waals surface area contributed by atoms with Crippen molar-refractivity contribution in [2.75, 3.05) is 11.3 Å². The van der Waals surface area contributed by atoms with Crippen LogP contribution in [0.3, 0.4) is 0 Å². The van der Waals surface area contributed by atoms with Crippen LogP contribution in [-0.4, -0.2) is 24.8 Å². The zero-order valence-electron chi connectivity index (χ0n) is 14.4. The minimum Gasteiger partial charge on any atom is -0.494 e. The quantitative estimate of drug-likeness (QED) is 0.550. The van der Waals surface area contributed by atoms with Crippen LogP contribution in [0.5, 0.6) is 5.75 Å². The Morgan fingerprint density at radius 2 is 1.89 bits per heavy atom. The first-order valence-electron chi connectivity index (χ1n) is 8.11. The Morgan fingerprint density at radius 3 is 2.56 bits per heavy atom. The molecular weight excluding hydrogens is 454 g/mol. The fraction of sp³-hybridized carbons (Fsp3) is 0.167. The Hall–Kier alpha value is -2.03. The van der Waals surface area contributed by atoms with E-state index in [9.17, 15) is 8.42 Å². The van der Waals surface area contributed by atoms with Gasteiger partial charge in [-0.15, -0.1) is 0 Å². The van der Waals surface area contributed by atoms with Gasteiger partial charge < -0.3 is 4.74 Å². The number of hydrogen-bond donors (Lipinski definition) is 1. The first kappa shape index (κ1) is 19.7. The third-order valence-corrected chi connectivity index (χ3v) is 5.99. The molecule has 0 atom stereocenters. The van der Waals surface area contributed by atoms with E-state index in [1.165, 1.54) is 12.1 Å². The van der Waals surface area contributed by atoms with Crippen LogP contribution in [0.4, 0.5) is 5.82 Å². The summed E-state index contributed by atoms with van der Waals surface area (Å²) in [4.78, 5) is 0.124. The van der Waals surface area contributed by atoms with Crippen molar-refractivity contribution in [2.24, 2.45) is 0 Å². The molecule has 142 valence electrons. The molecule has 0 aliphatic rings. The lowest BCUT2D eigenvalue weighted by molar-refractivity contribution is 0.340. The second-order valence-corrected chi connectivity index (χ2v) is 8.57. The van der Waals surface area contributed by atoms with E-state index in [0.29, 0.717) is 28.4 Å². The van der Waals surface area contributed by atoms with Gasteiger partial charge >= 0.3 is 0 Å². The molecule has 0 fully saturated rings. The first-order valence-corrected chi connectivity index (χ1v) is 10.8. The lowest BCUT2D eigenvalue weighted by Gasteiger charge is -2.08. The summed E-state index contributed by atoms with van der Waals surface area (Å²) >= 11 is 9.51. The van der Waals surface area contributed by atoms with E-state index in [0.717, 1.165) is 5.56 Å². The van der Waals surface area contributed by atoms with Gasteiger partial charge in [0.15, 0.2) is 5.82 Å². The fourth-order valence-electron chi connectivity index (χ4n) is 2.42. The van der Waals surface area contributed by atoms with Crippen molar-refractivity contribution < 1.29 is 13.2 Å². The Morgan fingerprint density at radius 1 is 1.19 bits per heavy atom. The predicted octanol–water partition coefficient (Wildman–Crippen LogP) is 4.55. The highest BCUT2D eigenvalue weighted by Gasteiger charge is 2.18. The molecule has 2 aromatic carbocycles. The van der Waals surface area contributed by atoms with Crippen LogP contribution in [0.2, 0.25) is 5.02 Å². The van der Waals surface area contributed by atoms with Crippen molar-refractivity contribution in [3.8, 4) is 5.75 Å². The Bertz CT molecular complexity index is 1040. The monoisotopic (exact) mass is 469 g/mol. The molecule has 3 aromatic rings. The van der Waals surface area contributed by atoms with Crippen molar-refractivity contribution in [3.05, 3.63) is 69.8 Å². The maximum absolute atomic E-state index is 12.6. The summed E-state index contributed by atoms with van der Waals surface area (Å²) in [6.45, 7) is 2.80. The molecule has 0 amide bonds. The molecule has 1 N–H and O–H groups in total. The Balaban J connectivity index is 1.78. The summed E-state index contributed by atoms with van der Waals surface area (Å²) in [7, 11) is -3.77. The predicted molar refractivity (Wildman–Crippen MR) is 109 cm³/mol. The van der Waals surface area contributed by atoms with Crippen molar-refractivity contribution in [1.82, 2.24) is 9.78 Å². The number of hydrogen-bond acceptors (Lipinski definition) is 4. The molecule has 0 unspecified atom stereocenters. The first-order chi connectivity index (χ1) is 12.9. The lowest BCUT2D eigenvalue weighted by Crippen LogP contribution is -2.14. The maximum atomic E-state index is 12.6. The van der Waals surface area contributed by atoms with Crippen LogP contribution in [0.25, 0.3) is 0 Å². The summed E-state index contributed by atoms with van der Waals surface area (Å²) in [5.41, 5.74) is 0.884. The maximum Gasteiger partial charge on any atom is 0.263 e. The molecule has 0 saturated heterocycles. The van der Waals surface area contributed by atoms with Crippen LogP contribution in [0.1, 0.15) is 12.5 Å². The normalized spacial score (nSPS) is 11.4. The van der Waals surface area contributed by atoms with Crippen molar-refractivity contribution >= 4 is 43.4 Å². The van der Waals surface area contributed by atoms with E-state index in [1.54, 1.807) is 29.1 Å². The van der Waals surface area contributed by atoms with Crippen LogP contribution >= 0.6 is 27.5 Å². The molecule has 0 spiro atoms. The van der Waals surface area contributed by atoms with Gasteiger partial charge in [-0.25, -0.2) is 8.42 Å². The smallest absolute Gasteiger partial charge is 0.263 e. The molecule has 0 aliphatic carbocycles. The number of halogens is 2. The SMILES string of the molecule is CCOc1ccc(S(=O)(=O)Nc2nn(Cc3ccccc3Cl)cc2Br)cc1. The van der Waals surface area contributed by atoms with Crippen molar-refractivity contribution in [3.63, 3.8) is 0 Å². The van der Waals surface area contributed by atoms with E-state index in [1.807, 2.05) is 25.1 Å². The van der Waals surface area contributed by atoms with Gasteiger partial charge in [0.2, 0.25) is 0 Å². The molecule has 0 aliphatic heterocycles. The highest BCUT2D eigenvalue weighted by molar-refractivity contribution is 9.10. The van der Waals surface area contributed by atoms with E-state index < -0.39 is 10.0 Å². The number of sulfonamides is 1. The number of rotatable bonds is 7. The molecule has 0 radical (unpaired) electrons. The summed E-state index contributed by atoms with van der Waals surface area (Å²) in [5, 5.41) is 4.93. The van der Waals surface area contributed by atoms with Gasteiger partial charge in [0, 0.05) is 11.2 Å². The van der Waals surface area contributed by atoms with E-state index in [2.05, 4.69) is 25.8 Å². The molecule has 27 heavy (non-hydrogen) atoms. The largest absolute Gasteiger partial charge is 0.494 e. The van der Waals surface area contributed by atoms with Gasteiger partial charge in [-0.1, -0.05) is 29.8 Å². The zero-order chi connectivity index (χ0) is 19.4. The van der Waals surface area contributed by atoms with Gasteiger partial charge in [0.25, 0.3) is 10.0 Å². The number of ether oxygens (including phenoxy) is 1. The van der Waals surface area contributed by atoms with Crippen molar-refractivity contribution in [2.45, 2.75) is 18.4 Å². The van der Waals surface area contributed by atoms with Crippen molar-refractivity contribution in [1.29, 1.82) is 0 Å². The Labute approximate surface area is 171 Å². The minimum absolute atomic E-state index is 0.124. The lowest BCUT2D eigenvalue weighted by atomic mass is 10.2. The molecule has 9 heteroatoms. The minimum atomic E-state index is -3.77. The van der Waals surface area contributed by atoms with E-state index >= 15 is 0 Å². The second-order valence-electron chi connectivity index (χ2n) is 5.62. The molecule has 0 bridgehead atoms. The van der Waals surface area contributed by atoms with Crippen LogP contribution in [0.15, 0.2) is 64.1 Å². The van der Waals surface area contributed by atoms with Gasteiger partial charge in [-0.05, 0) is 58.7 Å². The van der Waals surface area contributed by atoms with Crippen LogP contribution in [-0.2, 0) is 16.6 Å². The summed E-state index contributed by atoms with van der Waals surface area (Å²) in [6, 6.07) is 13.6. The summed E-state index contributed by atoms with van der Waals surface area (Å²) < 4.78 is 35.2. The number of nitrogens with zero attached hydrogens (tertiary/aromatic N) is 2. The highest BCUT2D eigenvalue weighted by Crippen LogP contribution is 2.25. The second kappa shape index (κ2) is 8.33. The number of nitrogens with one attached hydrogen (secondary N) is 1. The van der Waals surface area contributed by atoms with E-state index in [4.69, 9.17) is 16.3 Å². The number of aromatic nitrogens is 2. The standard InChI is InChI=1S/C18H17BrClN3O3S/c1-2-26-14-7-9-15(10-8-14)27(24,25)22-18-16(19)12-23(21-18)11-13-5-3-4-6-17(13)20/h3-10,12H,2,11H2,1H3,(H,21,22).